The van der Waals surface area contributed by atoms with Crippen LogP contribution in [0.3, 0.4) is 0 Å². The average molecular weight is 781 g/mol. The number of hydrogen-bond donors (Lipinski definition) is 4. The zero-order chi connectivity index (χ0) is 40.1. The quantitative estimate of drug-likeness (QED) is 0.172. The molecule has 0 aromatic rings. The number of carboxylic acid groups (broad SMARTS) is 1. The van der Waals surface area contributed by atoms with E-state index in [1.54, 1.807) is 0 Å². The molecule has 8 rings (SSSR count). The van der Waals surface area contributed by atoms with Gasteiger partial charge in [0.05, 0.1) is 24.2 Å². The number of rotatable bonds is 9. The molecule has 4 N–H and O–H groups in total. The Labute approximate surface area is 339 Å². The summed E-state index contributed by atoms with van der Waals surface area (Å²) in [6.07, 6.45) is 16.9. The molecule has 0 heterocycles. The van der Waals surface area contributed by atoms with Gasteiger partial charge < -0.3 is 25.2 Å². The number of aliphatic hydroxyl groups excluding tert-OH is 3. The van der Waals surface area contributed by atoms with Gasteiger partial charge in [0.2, 0.25) is 0 Å². The Morgan fingerprint density at radius 3 is 1.95 bits per heavy atom. The van der Waals surface area contributed by atoms with Crippen molar-refractivity contribution in [2.24, 2.45) is 98.6 Å². The molecule has 8 saturated carbocycles. The molecule has 8 aliphatic rings. The first-order valence-corrected chi connectivity index (χ1v) is 23.9. The minimum Gasteiger partial charge on any atom is -0.481 e. The van der Waals surface area contributed by atoms with Crippen molar-refractivity contribution in [2.45, 2.75) is 195 Å². The lowest BCUT2D eigenvalue weighted by Crippen LogP contribution is -2.62. The van der Waals surface area contributed by atoms with E-state index in [0.717, 1.165) is 96.3 Å². The molecular weight excluding hydrogens is 701 g/mol. The van der Waals surface area contributed by atoms with E-state index in [4.69, 9.17) is 4.74 Å². The summed E-state index contributed by atoms with van der Waals surface area (Å²) in [4.78, 5) is 26.3. The van der Waals surface area contributed by atoms with Crippen molar-refractivity contribution >= 4 is 11.9 Å². The zero-order valence-electron chi connectivity index (χ0n) is 36.3. The second kappa shape index (κ2) is 15.1. The Hall–Kier alpha value is -1.18. The number of esters is 1. The molecule has 0 spiro atoms. The van der Waals surface area contributed by atoms with E-state index in [0.29, 0.717) is 59.7 Å². The molecule has 318 valence electrons. The van der Waals surface area contributed by atoms with E-state index in [9.17, 15) is 30.0 Å². The number of fused-ring (bicyclic) bond motifs is 10. The molecule has 21 atom stereocenters. The molecule has 56 heavy (non-hydrogen) atoms. The van der Waals surface area contributed by atoms with Crippen LogP contribution in [0.2, 0.25) is 0 Å². The fraction of sp³-hybridized carbons (Fsp3) is 0.959. The van der Waals surface area contributed by atoms with E-state index in [1.807, 2.05) is 0 Å². The van der Waals surface area contributed by atoms with Crippen molar-refractivity contribution in [3.05, 3.63) is 0 Å². The lowest BCUT2D eigenvalue weighted by molar-refractivity contribution is -0.209. The standard InChI is InChI=1S/C49H80O7/c1-8-9-27(2)35-14-16-38-44-34(24-30-22-31(50)18-20-47(30,5)40(44)26-42(52)49(35,38)7)45(55)56-32-19-21-46(4)29(23-32)11-12-33-37-15-13-36(28(3)10-17-43(53)54)48(37,6)41(51)25-39(33)46/h27-42,44,50-52H,8-26H2,1-7H3,(H,53,54)/t27-,28-,29-,30+,31-,32-,33+,34?,35-,36-,37+,38?,39+,40?,41+,42+,44?,46+,47+,48-,49-/m1/s1. The Balaban J connectivity index is 0.988. The van der Waals surface area contributed by atoms with Crippen LogP contribution in [-0.4, -0.2) is 56.8 Å². The molecule has 0 aliphatic heterocycles. The maximum Gasteiger partial charge on any atom is 0.309 e. The van der Waals surface area contributed by atoms with Crippen molar-refractivity contribution in [1.82, 2.24) is 0 Å². The lowest BCUT2D eigenvalue weighted by Gasteiger charge is -2.64. The summed E-state index contributed by atoms with van der Waals surface area (Å²) in [6, 6.07) is 0. The Bertz CT molecular complexity index is 1470. The first kappa shape index (κ1) is 41.5. The largest absolute Gasteiger partial charge is 0.481 e. The number of carbonyl (C=O) groups is 2. The van der Waals surface area contributed by atoms with Gasteiger partial charge in [0, 0.05) is 6.42 Å². The third kappa shape index (κ3) is 6.32. The number of aliphatic hydroxyl groups is 3. The van der Waals surface area contributed by atoms with Gasteiger partial charge >= 0.3 is 11.9 Å². The molecule has 7 heteroatoms. The van der Waals surface area contributed by atoms with Crippen molar-refractivity contribution < 1.29 is 34.8 Å². The molecule has 0 saturated heterocycles. The number of aliphatic carboxylic acids is 1. The van der Waals surface area contributed by atoms with E-state index in [1.165, 1.54) is 12.8 Å². The first-order chi connectivity index (χ1) is 26.5. The molecular formula is C49H80O7. The highest BCUT2D eigenvalue weighted by Gasteiger charge is 2.68. The van der Waals surface area contributed by atoms with Crippen LogP contribution in [0.4, 0.5) is 0 Å². The molecule has 0 amide bonds. The third-order valence-electron chi connectivity index (χ3n) is 21.2. The van der Waals surface area contributed by atoms with Crippen LogP contribution in [0.15, 0.2) is 0 Å². The van der Waals surface area contributed by atoms with Gasteiger partial charge in [-0.05, 0) is 195 Å². The smallest absolute Gasteiger partial charge is 0.309 e. The van der Waals surface area contributed by atoms with Crippen LogP contribution < -0.4 is 0 Å². The number of ether oxygens (including phenoxy) is 1. The van der Waals surface area contributed by atoms with E-state index in [-0.39, 0.29) is 82.1 Å². The van der Waals surface area contributed by atoms with Gasteiger partial charge in [-0.15, -0.1) is 0 Å². The molecule has 0 aromatic carbocycles. The summed E-state index contributed by atoms with van der Waals surface area (Å²) in [5.74, 6) is 4.03. The Kier molecular flexibility index (Phi) is 11.2. The highest BCUT2D eigenvalue weighted by atomic mass is 16.5. The second-order valence-electron chi connectivity index (χ2n) is 23.0. The summed E-state index contributed by atoms with van der Waals surface area (Å²) < 4.78 is 6.80. The van der Waals surface area contributed by atoms with Gasteiger partial charge in [-0.1, -0.05) is 61.3 Å². The van der Waals surface area contributed by atoms with E-state index in [2.05, 4.69) is 48.5 Å². The fourth-order valence-electron chi connectivity index (χ4n) is 18.1. The first-order valence-electron chi connectivity index (χ1n) is 23.9. The molecule has 8 fully saturated rings. The third-order valence-corrected chi connectivity index (χ3v) is 21.2. The van der Waals surface area contributed by atoms with Crippen molar-refractivity contribution in [1.29, 1.82) is 0 Å². The maximum atomic E-state index is 14.9. The topological polar surface area (TPSA) is 124 Å². The van der Waals surface area contributed by atoms with Crippen molar-refractivity contribution in [2.75, 3.05) is 0 Å². The van der Waals surface area contributed by atoms with Gasteiger partial charge in [0.25, 0.3) is 0 Å². The number of carboxylic acids is 1. The Morgan fingerprint density at radius 1 is 0.661 bits per heavy atom. The maximum absolute atomic E-state index is 14.9. The zero-order valence-corrected chi connectivity index (χ0v) is 36.3. The molecule has 0 aromatic heterocycles. The van der Waals surface area contributed by atoms with Crippen LogP contribution in [-0.2, 0) is 14.3 Å². The van der Waals surface area contributed by atoms with Gasteiger partial charge in [-0.2, -0.15) is 0 Å². The summed E-state index contributed by atoms with van der Waals surface area (Å²) in [5, 5.41) is 44.5. The van der Waals surface area contributed by atoms with Gasteiger partial charge in [-0.25, -0.2) is 0 Å². The van der Waals surface area contributed by atoms with Gasteiger partial charge in [0.1, 0.15) is 6.10 Å². The SMILES string of the molecule is CCC[C@@H](C)[C@H]1CCC2C3C(C(=O)O[C@@H]4CC[C@@]5(C)[C@H](CC[C@@H]6[C@@H]5C[C@H](O)[C@]5(C)[C@@H]([C@H](C)CCC(=O)O)CC[C@@H]65)C4)C[C@@H]4C[C@H](O)CC[C@]4(C)C3C[C@H](O)[C@@]21C. The van der Waals surface area contributed by atoms with Gasteiger partial charge in [0.15, 0.2) is 0 Å². The molecule has 4 unspecified atom stereocenters. The summed E-state index contributed by atoms with van der Waals surface area (Å²) in [5.41, 5.74) is -0.145. The van der Waals surface area contributed by atoms with Crippen LogP contribution in [0.25, 0.3) is 0 Å². The number of carbonyl (C=O) groups excluding carboxylic acids is 1. The molecule has 8 aliphatic carbocycles. The molecule has 0 radical (unpaired) electrons. The van der Waals surface area contributed by atoms with Crippen LogP contribution in [0, 0.1) is 98.6 Å². The van der Waals surface area contributed by atoms with E-state index >= 15 is 0 Å². The lowest BCUT2D eigenvalue weighted by atomic mass is 9.41. The summed E-state index contributed by atoms with van der Waals surface area (Å²) in [7, 11) is 0. The summed E-state index contributed by atoms with van der Waals surface area (Å²) in [6.45, 7) is 16.6. The van der Waals surface area contributed by atoms with Crippen molar-refractivity contribution in [3.8, 4) is 0 Å². The average Bonchev–Trinajstić information content (AvgIpc) is 3.70. The second-order valence-corrected chi connectivity index (χ2v) is 23.0. The van der Waals surface area contributed by atoms with Crippen LogP contribution >= 0.6 is 0 Å². The van der Waals surface area contributed by atoms with Crippen molar-refractivity contribution in [3.63, 3.8) is 0 Å². The highest BCUT2D eigenvalue weighted by Crippen LogP contribution is 2.71. The molecule has 0 bridgehead atoms. The number of hydrogen-bond acceptors (Lipinski definition) is 6. The fourth-order valence-corrected chi connectivity index (χ4v) is 18.1. The monoisotopic (exact) mass is 781 g/mol. The van der Waals surface area contributed by atoms with Crippen LogP contribution in [0.5, 0.6) is 0 Å². The van der Waals surface area contributed by atoms with E-state index < -0.39 is 5.97 Å². The Morgan fingerprint density at radius 2 is 1.27 bits per heavy atom. The van der Waals surface area contributed by atoms with Crippen LogP contribution in [0.1, 0.15) is 170 Å². The molecule has 7 nitrogen and oxygen atoms in total. The highest BCUT2D eigenvalue weighted by molar-refractivity contribution is 5.73. The summed E-state index contributed by atoms with van der Waals surface area (Å²) >= 11 is 0. The minimum absolute atomic E-state index is 0.0195. The predicted octanol–water partition coefficient (Wildman–Crippen LogP) is 9.68. The minimum atomic E-state index is -0.723. The normalized spacial score (nSPS) is 53.3. The predicted molar refractivity (Wildman–Crippen MR) is 218 cm³/mol. The van der Waals surface area contributed by atoms with Gasteiger partial charge in [-0.3, -0.25) is 9.59 Å².